The van der Waals surface area contributed by atoms with Crippen molar-refractivity contribution < 1.29 is 9.90 Å². The molecule has 0 atom stereocenters. The second kappa shape index (κ2) is 6.40. The summed E-state index contributed by atoms with van der Waals surface area (Å²) >= 11 is 0. The summed E-state index contributed by atoms with van der Waals surface area (Å²) in [4.78, 5) is 18.5. The predicted octanol–water partition coefficient (Wildman–Crippen LogP) is 4.05. The number of H-pyrrole nitrogens is 1. The molecule has 0 spiro atoms. The first-order chi connectivity index (χ1) is 11.9. The molecule has 1 aromatic carbocycles. The summed E-state index contributed by atoms with van der Waals surface area (Å²) in [5.41, 5.74) is 3.97. The standard InChI is InChI=1S/C20H19N3O2/c1-20(2,12-21)15-7-8-22-17(11-15)18-10-14-9-13(4-6-19(24)25)3-5-16(14)23-18/h3,5,7-11,23H,4,6H2,1-2H3,(H,24,25). The van der Waals surface area contributed by atoms with E-state index >= 15 is 0 Å². The molecule has 5 nitrogen and oxygen atoms in total. The molecule has 0 saturated heterocycles. The number of aliphatic carboxylic acids is 1. The minimum absolute atomic E-state index is 0.121. The van der Waals surface area contributed by atoms with Crippen molar-refractivity contribution in [3.63, 3.8) is 0 Å². The second-order valence-corrected chi connectivity index (χ2v) is 6.66. The molecule has 0 amide bonds. The molecule has 0 saturated carbocycles. The average molecular weight is 333 g/mol. The highest BCUT2D eigenvalue weighted by molar-refractivity contribution is 5.86. The van der Waals surface area contributed by atoms with Gasteiger partial charge in [0.15, 0.2) is 0 Å². The summed E-state index contributed by atoms with van der Waals surface area (Å²) in [5.74, 6) is -0.795. The molecule has 0 radical (unpaired) electrons. The average Bonchev–Trinajstić information content (AvgIpc) is 3.03. The quantitative estimate of drug-likeness (QED) is 0.737. The monoisotopic (exact) mass is 333 g/mol. The van der Waals surface area contributed by atoms with Gasteiger partial charge in [-0.25, -0.2) is 0 Å². The number of carboxylic acid groups (broad SMARTS) is 1. The van der Waals surface area contributed by atoms with E-state index in [4.69, 9.17) is 5.11 Å². The number of nitrogens with one attached hydrogen (secondary N) is 1. The third kappa shape index (κ3) is 3.53. The Morgan fingerprint density at radius 3 is 2.80 bits per heavy atom. The van der Waals surface area contributed by atoms with Crippen LogP contribution in [0.1, 0.15) is 31.4 Å². The Morgan fingerprint density at radius 2 is 2.08 bits per heavy atom. The summed E-state index contributed by atoms with van der Waals surface area (Å²) in [6.45, 7) is 3.76. The lowest BCUT2D eigenvalue weighted by atomic mass is 9.86. The highest BCUT2D eigenvalue weighted by Crippen LogP contribution is 2.28. The Balaban J connectivity index is 1.96. The molecule has 0 aliphatic carbocycles. The minimum Gasteiger partial charge on any atom is -0.481 e. The molecule has 3 aromatic rings. The van der Waals surface area contributed by atoms with E-state index in [-0.39, 0.29) is 6.42 Å². The molecule has 0 aliphatic heterocycles. The number of benzene rings is 1. The van der Waals surface area contributed by atoms with Crippen molar-refractivity contribution in [1.29, 1.82) is 5.26 Å². The maximum atomic E-state index is 10.7. The molecule has 126 valence electrons. The molecular formula is C20H19N3O2. The van der Waals surface area contributed by atoms with Crippen LogP contribution in [0, 0.1) is 11.3 Å². The number of aryl methyl sites for hydroxylation is 1. The lowest BCUT2D eigenvalue weighted by molar-refractivity contribution is -0.136. The molecule has 2 aromatic heterocycles. The van der Waals surface area contributed by atoms with Crippen LogP contribution in [0.2, 0.25) is 0 Å². The van der Waals surface area contributed by atoms with E-state index < -0.39 is 11.4 Å². The molecule has 0 bridgehead atoms. The predicted molar refractivity (Wildman–Crippen MR) is 96.1 cm³/mol. The van der Waals surface area contributed by atoms with Crippen LogP contribution in [0.5, 0.6) is 0 Å². The van der Waals surface area contributed by atoms with E-state index in [0.29, 0.717) is 6.42 Å². The Hall–Kier alpha value is -3.13. The van der Waals surface area contributed by atoms with Crippen LogP contribution in [-0.2, 0) is 16.6 Å². The van der Waals surface area contributed by atoms with Gasteiger partial charge < -0.3 is 10.1 Å². The molecule has 0 unspecified atom stereocenters. The molecule has 2 N–H and O–H groups in total. The van der Waals surface area contributed by atoms with E-state index in [9.17, 15) is 10.1 Å². The lowest BCUT2D eigenvalue weighted by Gasteiger charge is -2.15. The van der Waals surface area contributed by atoms with Crippen LogP contribution in [0.15, 0.2) is 42.6 Å². The third-order valence-corrected chi connectivity index (χ3v) is 4.35. The largest absolute Gasteiger partial charge is 0.481 e. The Labute approximate surface area is 146 Å². The van der Waals surface area contributed by atoms with Crippen LogP contribution >= 0.6 is 0 Å². The van der Waals surface area contributed by atoms with Crippen molar-refractivity contribution in [3.05, 3.63) is 53.7 Å². The maximum Gasteiger partial charge on any atom is 0.303 e. The first-order valence-corrected chi connectivity index (χ1v) is 8.10. The molecule has 0 fully saturated rings. The second-order valence-electron chi connectivity index (χ2n) is 6.66. The fraction of sp³-hybridized carbons (Fsp3) is 0.250. The normalized spacial score (nSPS) is 11.4. The molecule has 2 heterocycles. The number of hydrogen-bond acceptors (Lipinski definition) is 3. The van der Waals surface area contributed by atoms with Gasteiger partial charge in [0, 0.05) is 23.5 Å². The number of aromatic amines is 1. The third-order valence-electron chi connectivity index (χ3n) is 4.35. The summed E-state index contributed by atoms with van der Waals surface area (Å²) in [6.07, 6.45) is 2.35. The van der Waals surface area contributed by atoms with E-state index in [2.05, 4.69) is 16.0 Å². The van der Waals surface area contributed by atoms with Gasteiger partial charge >= 0.3 is 5.97 Å². The number of rotatable bonds is 5. The van der Waals surface area contributed by atoms with Gasteiger partial charge in [0.1, 0.15) is 0 Å². The van der Waals surface area contributed by atoms with Crippen LogP contribution in [0.3, 0.4) is 0 Å². The fourth-order valence-electron chi connectivity index (χ4n) is 2.76. The van der Waals surface area contributed by atoms with Crippen molar-refractivity contribution in [2.75, 3.05) is 0 Å². The summed E-state index contributed by atoms with van der Waals surface area (Å²) < 4.78 is 0. The van der Waals surface area contributed by atoms with Gasteiger partial charge in [-0.15, -0.1) is 0 Å². The maximum absolute atomic E-state index is 10.7. The van der Waals surface area contributed by atoms with Crippen LogP contribution < -0.4 is 0 Å². The first-order valence-electron chi connectivity index (χ1n) is 8.10. The van der Waals surface area contributed by atoms with E-state index in [1.807, 2.05) is 50.2 Å². The summed E-state index contributed by atoms with van der Waals surface area (Å²) in [5, 5.41) is 19.2. The van der Waals surface area contributed by atoms with Gasteiger partial charge in [-0.1, -0.05) is 6.07 Å². The first kappa shape index (κ1) is 16.7. The van der Waals surface area contributed by atoms with Crippen LogP contribution in [-0.4, -0.2) is 21.0 Å². The number of carbonyl (C=O) groups is 1. The van der Waals surface area contributed by atoms with Gasteiger partial charge in [0.2, 0.25) is 0 Å². The fourth-order valence-corrected chi connectivity index (χ4v) is 2.76. The van der Waals surface area contributed by atoms with Gasteiger partial charge in [-0.2, -0.15) is 5.26 Å². The van der Waals surface area contributed by atoms with Crippen molar-refractivity contribution >= 4 is 16.9 Å². The van der Waals surface area contributed by atoms with E-state index in [0.717, 1.165) is 33.4 Å². The number of hydrogen-bond donors (Lipinski definition) is 2. The topological polar surface area (TPSA) is 89.8 Å². The highest BCUT2D eigenvalue weighted by Gasteiger charge is 2.20. The number of nitrogens with zero attached hydrogens (tertiary/aromatic N) is 2. The number of pyridine rings is 1. The zero-order valence-corrected chi connectivity index (χ0v) is 14.2. The van der Waals surface area contributed by atoms with Gasteiger partial charge in [0.05, 0.1) is 22.9 Å². The molecule has 0 aliphatic rings. The van der Waals surface area contributed by atoms with Crippen molar-refractivity contribution in [2.45, 2.75) is 32.1 Å². The SMILES string of the molecule is CC(C)(C#N)c1ccnc(-c2cc3cc(CCC(=O)O)ccc3[nH]2)c1. The Morgan fingerprint density at radius 1 is 1.28 bits per heavy atom. The number of aromatic nitrogens is 2. The summed E-state index contributed by atoms with van der Waals surface area (Å²) in [6, 6.07) is 14.0. The van der Waals surface area contributed by atoms with E-state index in [1.54, 1.807) is 6.20 Å². The zero-order valence-electron chi connectivity index (χ0n) is 14.2. The molecular weight excluding hydrogens is 314 g/mol. The van der Waals surface area contributed by atoms with Gasteiger partial charge in [-0.05, 0) is 61.7 Å². The number of fused-ring (bicyclic) bond motifs is 1. The Kier molecular flexibility index (Phi) is 4.28. The highest BCUT2D eigenvalue weighted by atomic mass is 16.4. The van der Waals surface area contributed by atoms with Crippen molar-refractivity contribution in [2.24, 2.45) is 0 Å². The number of nitriles is 1. The zero-order chi connectivity index (χ0) is 18.0. The molecule has 5 heteroatoms. The Bertz CT molecular complexity index is 980. The van der Waals surface area contributed by atoms with Crippen molar-refractivity contribution in [1.82, 2.24) is 9.97 Å². The molecule has 3 rings (SSSR count). The van der Waals surface area contributed by atoms with Gasteiger partial charge in [-0.3, -0.25) is 9.78 Å². The lowest BCUT2D eigenvalue weighted by Crippen LogP contribution is -2.13. The molecule has 25 heavy (non-hydrogen) atoms. The smallest absolute Gasteiger partial charge is 0.303 e. The summed E-state index contributed by atoms with van der Waals surface area (Å²) in [7, 11) is 0. The van der Waals surface area contributed by atoms with E-state index in [1.165, 1.54) is 0 Å². The minimum atomic E-state index is -0.795. The van der Waals surface area contributed by atoms with Crippen LogP contribution in [0.25, 0.3) is 22.3 Å². The van der Waals surface area contributed by atoms with Crippen molar-refractivity contribution in [3.8, 4) is 17.5 Å². The van der Waals surface area contributed by atoms with Crippen LogP contribution in [0.4, 0.5) is 0 Å². The number of carboxylic acids is 1. The van der Waals surface area contributed by atoms with Gasteiger partial charge in [0.25, 0.3) is 0 Å².